The van der Waals surface area contributed by atoms with Crippen LogP contribution in [-0.2, 0) is 0 Å². The Kier molecular flexibility index (Phi) is 2.98. The molecule has 0 bridgehead atoms. The van der Waals surface area contributed by atoms with Crippen LogP contribution in [0.5, 0.6) is 0 Å². The van der Waals surface area contributed by atoms with Crippen molar-refractivity contribution in [1.82, 2.24) is 0 Å². The molecule has 1 atom stereocenters. The third kappa shape index (κ3) is 2.26. The maximum absolute atomic E-state index is 5.54. The van der Waals surface area contributed by atoms with Crippen LogP contribution in [0.25, 0.3) is 0 Å². The minimum absolute atomic E-state index is 0.542. The molecule has 0 N–H and O–H groups in total. The molecule has 1 aliphatic heterocycles. The number of dihydropyridines is 1. The van der Waals surface area contributed by atoms with Crippen molar-refractivity contribution in [2.75, 3.05) is 12.4 Å². The highest BCUT2D eigenvalue weighted by Crippen LogP contribution is 2.08. The van der Waals surface area contributed by atoms with Gasteiger partial charge < -0.3 is 0 Å². The molecule has 0 aromatic rings. The highest BCUT2D eigenvalue weighted by atomic mass is 127. The smallest absolute Gasteiger partial charge is 0.0642 e. The first kappa shape index (κ1) is 7.54. The van der Waals surface area contributed by atoms with Crippen LogP contribution < -0.4 is 0 Å². The fraction of sp³-hybridized carbons (Fsp3) is 0.500. The molecule has 1 aliphatic rings. The molecule has 1 rings (SSSR count). The summed E-state index contributed by atoms with van der Waals surface area (Å²) in [4.78, 5) is 4.22. The van der Waals surface area contributed by atoms with E-state index < -0.39 is 0 Å². The summed E-state index contributed by atoms with van der Waals surface area (Å²) >= 11 is 7.89. The van der Waals surface area contributed by atoms with Crippen molar-refractivity contribution in [3.63, 3.8) is 0 Å². The Morgan fingerprint density at radius 1 is 1.89 bits per heavy atom. The van der Waals surface area contributed by atoms with Gasteiger partial charge in [-0.15, -0.1) is 11.6 Å². The lowest BCUT2D eigenvalue weighted by Gasteiger charge is -2.06. The predicted octanol–water partition coefficient (Wildman–Crippen LogP) is 2.04. The molecule has 0 aromatic carbocycles. The molecule has 0 aliphatic carbocycles. The molecule has 9 heavy (non-hydrogen) atoms. The first-order chi connectivity index (χ1) is 4.33. The second-order valence-electron chi connectivity index (χ2n) is 1.84. The lowest BCUT2D eigenvalue weighted by molar-refractivity contribution is 1.04. The van der Waals surface area contributed by atoms with Crippen molar-refractivity contribution >= 4 is 39.9 Å². The molecular formula is C6H7ClIN. The zero-order valence-corrected chi connectivity index (χ0v) is 7.76. The van der Waals surface area contributed by atoms with Crippen molar-refractivity contribution in [3.8, 4) is 0 Å². The van der Waals surface area contributed by atoms with Gasteiger partial charge in [0.1, 0.15) is 0 Å². The van der Waals surface area contributed by atoms with Crippen LogP contribution in [0, 0.1) is 0 Å². The van der Waals surface area contributed by atoms with Gasteiger partial charge in [0.2, 0.25) is 0 Å². The topological polar surface area (TPSA) is 12.4 Å². The summed E-state index contributed by atoms with van der Waals surface area (Å²) in [6, 6.07) is 0. The Morgan fingerprint density at radius 2 is 2.67 bits per heavy atom. The molecule has 1 heterocycles. The van der Waals surface area contributed by atoms with E-state index in [0.717, 1.165) is 12.3 Å². The van der Waals surface area contributed by atoms with Gasteiger partial charge in [0.15, 0.2) is 0 Å². The lowest BCUT2D eigenvalue weighted by Crippen LogP contribution is -2.09. The van der Waals surface area contributed by atoms with Gasteiger partial charge in [-0.1, -0.05) is 28.7 Å². The summed E-state index contributed by atoms with van der Waals surface area (Å²) in [5.41, 5.74) is 1.00. The Morgan fingerprint density at radius 3 is 3.11 bits per heavy atom. The number of allylic oxidation sites excluding steroid dienone is 1. The van der Waals surface area contributed by atoms with E-state index >= 15 is 0 Å². The first-order valence-corrected chi connectivity index (χ1v) is 4.52. The zero-order valence-electron chi connectivity index (χ0n) is 4.85. The fourth-order valence-corrected chi connectivity index (χ4v) is 1.20. The van der Waals surface area contributed by atoms with Crippen molar-refractivity contribution in [2.24, 2.45) is 4.99 Å². The van der Waals surface area contributed by atoms with Gasteiger partial charge in [-0.2, -0.15) is 0 Å². The molecule has 0 fully saturated rings. The van der Waals surface area contributed by atoms with Crippen LogP contribution >= 0.6 is 34.2 Å². The molecule has 50 valence electrons. The van der Waals surface area contributed by atoms with E-state index in [-0.39, 0.29) is 0 Å². The summed E-state index contributed by atoms with van der Waals surface area (Å²) in [6.45, 7) is 0.888. The summed E-state index contributed by atoms with van der Waals surface area (Å²) in [6.07, 6.45) is 4.12. The molecular weight excluding hydrogens is 248 g/mol. The van der Waals surface area contributed by atoms with Crippen LogP contribution in [0.3, 0.4) is 0 Å². The monoisotopic (exact) mass is 255 g/mol. The molecule has 1 nitrogen and oxygen atoms in total. The van der Waals surface area contributed by atoms with Crippen molar-refractivity contribution < 1.29 is 0 Å². The van der Waals surface area contributed by atoms with E-state index in [9.17, 15) is 0 Å². The van der Waals surface area contributed by atoms with Gasteiger partial charge in [0, 0.05) is 9.64 Å². The van der Waals surface area contributed by atoms with Gasteiger partial charge in [-0.3, -0.25) is 4.99 Å². The van der Waals surface area contributed by atoms with Crippen molar-refractivity contribution in [3.05, 3.63) is 12.2 Å². The van der Waals surface area contributed by atoms with Gasteiger partial charge in [-0.05, 0) is 6.08 Å². The third-order valence-corrected chi connectivity index (χ3v) is 2.19. The quantitative estimate of drug-likeness (QED) is 0.502. The maximum atomic E-state index is 5.54. The largest absolute Gasteiger partial charge is 0.287 e. The Bertz CT molecular complexity index is 153. The highest BCUT2D eigenvalue weighted by molar-refractivity contribution is 14.1. The first-order valence-electron chi connectivity index (χ1n) is 2.74. The van der Waals surface area contributed by atoms with Gasteiger partial charge >= 0.3 is 0 Å². The number of halogens is 2. The lowest BCUT2D eigenvalue weighted by atomic mass is 10.2. The summed E-state index contributed by atoms with van der Waals surface area (Å²) in [5.74, 6) is 0.542. The SMILES string of the molecule is ClCC1=NCC(I)C=C1. The number of hydrogen-bond acceptors (Lipinski definition) is 1. The van der Waals surface area contributed by atoms with E-state index in [1.54, 1.807) is 0 Å². The number of aliphatic imine (C=N–C) groups is 1. The van der Waals surface area contributed by atoms with Crippen molar-refractivity contribution in [1.29, 1.82) is 0 Å². The Labute approximate surface area is 73.3 Å². The van der Waals surface area contributed by atoms with Crippen molar-refractivity contribution in [2.45, 2.75) is 3.92 Å². The average Bonchev–Trinajstić information content (AvgIpc) is 1.90. The molecule has 0 saturated carbocycles. The normalized spacial score (nSPS) is 26.0. The number of alkyl halides is 2. The second kappa shape index (κ2) is 3.56. The van der Waals surface area contributed by atoms with Crippen LogP contribution in [0.2, 0.25) is 0 Å². The standard InChI is InChI=1S/C6H7ClIN/c7-3-6-2-1-5(8)4-9-6/h1-2,5H,3-4H2. The average molecular weight is 255 g/mol. The minimum Gasteiger partial charge on any atom is -0.287 e. The highest BCUT2D eigenvalue weighted by Gasteiger charge is 2.03. The zero-order chi connectivity index (χ0) is 6.69. The van der Waals surface area contributed by atoms with E-state index in [2.05, 4.69) is 33.7 Å². The molecule has 0 amide bonds. The number of rotatable bonds is 1. The van der Waals surface area contributed by atoms with E-state index in [0.29, 0.717) is 9.80 Å². The van der Waals surface area contributed by atoms with Crippen LogP contribution in [0.1, 0.15) is 0 Å². The Hall–Kier alpha value is 0.430. The molecule has 0 radical (unpaired) electrons. The van der Waals surface area contributed by atoms with E-state index in [4.69, 9.17) is 11.6 Å². The third-order valence-electron chi connectivity index (χ3n) is 1.10. The van der Waals surface area contributed by atoms with E-state index in [1.807, 2.05) is 6.08 Å². The van der Waals surface area contributed by atoms with E-state index in [1.165, 1.54) is 0 Å². The second-order valence-corrected chi connectivity index (χ2v) is 3.71. The number of hydrogen-bond donors (Lipinski definition) is 0. The van der Waals surface area contributed by atoms with Gasteiger partial charge in [-0.25, -0.2) is 0 Å². The molecule has 1 unspecified atom stereocenters. The molecule has 3 heteroatoms. The minimum atomic E-state index is 0.542. The van der Waals surface area contributed by atoms with Gasteiger partial charge in [0.05, 0.1) is 12.4 Å². The Balaban J connectivity index is 2.52. The molecule has 0 saturated heterocycles. The summed E-state index contributed by atoms with van der Waals surface area (Å²) < 4.78 is 0.564. The number of nitrogens with zero attached hydrogens (tertiary/aromatic N) is 1. The fourth-order valence-electron chi connectivity index (χ4n) is 0.620. The van der Waals surface area contributed by atoms with Crippen LogP contribution in [-0.4, -0.2) is 22.1 Å². The molecule has 0 spiro atoms. The maximum Gasteiger partial charge on any atom is 0.0642 e. The summed E-state index contributed by atoms with van der Waals surface area (Å²) in [7, 11) is 0. The molecule has 0 aromatic heterocycles. The van der Waals surface area contributed by atoms with Crippen LogP contribution in [0.15, 0.2) is 17.1 Å². The predicted molar refractivity (Wildman–Crippen MR) is 50.0 cm³/mol. The van der Waals surface area contributed by atoms with Crippen LogP contribution in [0.4, 0.5) is 0 Å². The summed E-state index contributed by atoms with van der Waals surface area (Å²) in [5, 5.41) is 0. The van der Waals surface area contributed by atoms with Gasteiger partial charge in [0.25, 0.3) is 0 Å².